The van der Waals surface area contributed by atoms with Crippen LogP contribution in [0.4, 0.5) is 4.79 Å². The van der Waals surface area contributed by atoms with E-state index in [0.717, 1.165) is 12.8 Å². The van der Waals surface area contributed by atoms with Crippen molar-refractivity contribution in [3.8, 4) is 0 Å². The topological polar surface area (TPSA) is 105 Å². The fraction of sp³-hybridized carbons (Fsp3) is 0.750. The van der Waals surface area contributed by atoms with Crippen LogP contribution in [-0.4, -0.2) is 48.4 Å². The Kier molecular flexibility index (Phi) is 3.64. The average molecular weight is 268 g/mol. The number of nitrogens with two attached hydrogens (primary N) is 1. The summed E-state index contributed by atoms with van der Waals surface area (Å²) < 4.78 is 0. The summed E-state index contributed by atoms with van der Waals surface area (Å²) in [6.07, 6.45) is 2.20. The van der Waals surface area contributed by atoms with Crippen molar-refractivity contribution in [1.29, 1.82) is 0 Å². The Morgan fingerprint density at radius 3 is 2.53 bits per heavy atom. The van der Waals surface area contributed by atoms with Crippen molar-refractivity contribution in [2.75, 3.05) is 19.6 Å². The summed E-state index contributed by atoms with van der Waals surface area (Å²) in [5.41, 5.74) is 5.03. The van der Waals surface area contributed by atoms with E-state index in [9.17, 15) is 14.4 Å². The predicted molar refractivity (Wildman–Crippen MR) is 68.1 cm³/mol. The molecule has 1 atom stereocenters. The number of carbonyl (C=O) groups is 3. The zero-order valence-corrected chi connectivity index (χ0v) is 11.1. The predicted octanol–water partition coefficient (Wildman–Crippen LogP) is -0.828. The van der Waals surface area contributed by atoms with Crippen LogP contribution in [0.15, 0.2) is 0 Å². The first-order valence-corrected chi connectivity index (χ1v) is 6.53. The molecular formula is C12H20N4O3. The molecule has 2 saturated heterocycles. The van der Waals surface area contributed by atoms with E-state index in [0.29, 0.717) is 26.1 Å². The smallest absolute Gasteiger partial charge is 0.312 e. The van der Waals surface area contributed by atoms with E-state index in [4.69, 9.17) is 5.73 Å². The number of primary amides is 1. The molecule has 0 aromatic rings. The highest BCUT2D eigenvalue weighted by molar-refractivity contribution is 5.86. The molecule has 1 spiro atoms. The third kappa shape index (κ3) is 2.97. The van der Waals surface area contributed by atoms with Crippen molar-refractivity contribution in [3.63, 3.8) is 0 Å². The molecule has 0 radical (unpaired) electrons. The number of urea groups is 1. The summed E-state index contributed by atoms with van der Waals surface area (Å²) in [4.78, 5) is 35.8. The van der Waals surface area contributed by atoms with Gasteiger partial charge in [-0.2, -0.15) is 0 Å². The summed E-state index contributed by atoms with van der Waals surface area (Å²) >= 11 is 0. The van der Waals surface area contributed by atoms with E-state index in [1.165, 1.54) is 0 Å². The lowest BCUT2D eigenvalue weighted by molar-refractivity contribution is -0.135. The van der Waals surface area contributed by atoms with Gasteiger partial charge in [0, 0.05) is 26.1 Å². The maximum atomic E-state index is 12.1. The highest BCUT2D eigenvalue weighted by atomic mass is 16.2. The second-order valence-corrected chi connectivity index (χ2v) is 5.51. The highest BCUT2D eigenvalue weighted by Crippen LogP contribution is 2.37. The summed E-state index contributed by atoms with van der Waals surface area (Å²) in [6.45, 7) is 3.58. The summed E-state index contributed by atoms with van der Waals surface area (Å²) in [5.74, 6) is -0.0190. The SMILES string of the molecule is CC(NC(N)=O)C(=O)N1CCC2(CC1)CNC(=O)C2. The number of hydrogen-bond donors (Lipinski definition) is 3. The van der Waals surface area contributed by atoms with Crippen molar-refractivity contribution in [1.82, 2.24) is 15.5 Å². The summed E-state index contributed by atoms with van der Waals surface area (Å²) in [7, 11) is 0. The van der Waals surface area contributed by atoms with Crippen LogP contribution in [0, 0.1) is 5.41 Å². The molecule has 2 rings (SSSR count). The van der Waals surface area contributed by atoms with Crippen LogP contribution in [-0.2, 0) is 9.59 Å². The fourth-order valence-corrected chi connectivity index (χ4v) is 2.86. The lowest BCUT2D eigenvalue weighted by Gasteiger charge is -2.39. The molecule has 0 aromatic carbocycles. The maximum absolute atomic E-state index is 12.1. The van der Waals surface area contributed by atoms with E-state index >= 15 is 0 Å². The molecule has 0 aromatic heterocycles. The Balaban J connectivity index is 1.87. The lowest BCUT2D eigenvalue weighted by Crippen LogP contribution is -2.52. The van der Waals surface area contributed by atoms with Crippen LogP contribution in [0.25, 0.3) is 0 Å². The molecule has 2 aliphatic heterocycles. The van der Waals surface area contributed by atoms with Crippen LogP contribution in [0.3, 0.4) is 0 Å². The molecule has 2 aliphatic rings. The Morgan fingerprint density at radius 2 is 2.05 bits per heavy atom. The standard InChI is InChI=1S/C12H20N4O3/c1-8(15-11(13)19)10(18)16-4-2-12(3-5-16)6-9(17)14-7-12/h8H,2-7H2,1H3,(H,14,17)(H3,13,15,19). The van der Waals surface area contributed by atoms with Crippen molar-refractivity contribution < 1.29 is 14.4 Å². The molecule has 2 fully saturated rings. The van der Waals surface area contributed by atoms with Crippen molar-refractivity contribution in [3.05, 3.63) is 0 Å². The van der Waals surface area contributed by atoms with Gasteiger partial charge in [-0.25, -0.2) is 4.79 Å². The molecule has 7 heteroatoms. The normalized spacial score (nSPS) is 23.0. The first-order chi connectivity index (χ1) is 8.92. The molecule has 1 unspecified atom stereocenters. The molecule has 2 heterocycles. The number of piperidine rings is 1. The van der Waals surface area contributed by atoms with Gasteiger partial charge in [-0.15, -0.1) is 0 Å². The second-order valence-electron chi connectivity index (χ2n) is 5.51. The Bertz CT molecular complexity index is 402. The van der Waals surface area contributed by atoms with Crippen LogP contribution in [0.1, 0.15) is 26.2 Å². The van der Waals surface area contributed by atoms with Gasteiger partial charge in [0.25, 0.3) is 0 Å². The molecule has 4 amide bonds. The summed E-state index contributed by atoms with van der Waals surface area (Å²) in [5, 5.41) is 5.25. The minimum atomic E-state index is -0.695. The third-order valence-corrected chi connectivity index (χ3v) is 4.06. The number of likely N-dealkylation sites (tertiary alicyclic amines) is 1. The van der Waals surface area contributed by atoms with Gasteiger partial charge in [0.2, 0.25) is 11.8 Å². The number of nitrogens with one attached hydrogen (secondary N) is 2. The minimum absolute atomic E-state index is 0.0220. The van der Waals surface area contributed by atoms with Crippen molar-refractivity contribution >= 4 is 17.8 Å². The molecular weight excluding hydrogens is 248 g/mol. The van der Waals surface area contributed by atoms with E-state index in [1.807, 2.05) is 0 Å². The van der Waals surface area contributed by atoms with Gasteiger partial charge >= 0.3 is 6.03 Å². The number of carbonyl (C=O) groups excluding carboxylic acids is 3. The lowest BCUT2D eigenvalue weighted by atomic mass is 9.77. The molecule has 0 bridgehead atoms. The fourth-order valence-electron chi connectivity index (χ4n) is 2.86. The Hall–Kier alpha value is -1.79. The maximum Gasteiger partial charge on any atom is 0.312 e. The highest BCUT2D eigenvalue weighted by Gasteiger charge is 2.42. The number of rotatable bonds is 2. The zero-order chi connectivity index (χ0) is 14.0. The van der Waals surface area contributed by atoms with Crippen LogP contribution < -0.4 is 16.4 Å². The van der Waals surface area contributed by atoms with Gasteiger partial charge < -0.3 is 21.3 Å². The van der Waals surface area contributed by atoms with Gasteiger partial charge in [-0.05, 0) is 25.2 Å². The third-order valence-electron chi connectivity index (χ3n) is 4.06. The van der Waals surface area contributed by atoms with E-state index in [1.54, 1.807) is 11.8 Å². The minimum Gasteiger partial charge on any atom is -0.356 e. The second kappa shape index (κ2) is 5.07. The quantitative estimate of drug-likeness (QED) is 0.609. The van der Waals surface area contributed by atoms with Crippen LogP contribution >= 0.6 is 0 Å². The first-order valence-electron chi connectivity index (χ1n) is 6.53. The molecule has 106 valence electrons. The monoisotopic (exact) mass is 268 g/mol. The van der Waals surface area contributed by atoms with Crippen molar-refractivity contribution in [2.24, 2.45) is 11.1 Å². The first kappa shape index (κ1) is 13.6. The zero-order valence-electron chi connectivity index (χ0n) is 11.1. The van der Waals surface area contributed by atoms with Crippen molar-refractivity contribution in [2.45, 2.75) is 32.2 Å². The van der Waals surface area contributed by atoms with Gasteiger partial charge in [0.15, 0.2) is 0 Å². The Morgan fingerprint density at radius 1 is 1.42 bits per heavy atom. The molecule has 19 heavy (non-hydrogen) atoms. The largest absolute Gasteiger partial charge is 0.356 e. The number of hydrogen-bond acceptors (Lipinski definition) is 3. The number of amides is 4. The van der Waals surface area contributed by atoms with Crippen LogP contribution in [0.2, 0.25) is 0 Å². The van der Waals surface area contributed by atoms with Crippen LogP contribution in [0.5, 0.6) is 0 Å². The number of nitrogens with zero attached hydrogens (tertiary/aromatic N) is 1. The van der Waals surface area contributed by atoms with Gasteiger partial charge in [0.05, 0.1) is 0 Å². The van der Waals surface area contributed by atoms with Gasteiger partial charge in [-0.1, -0.05) is 0 Å². The average Bonchev–Trinajstić information content (AvgIpc) is 2.70. The van der Waals surface area contributed by atoms with Gasteiger partial charge in [0.1, 0.15) is 6.04 Å². The summed E-state index contributed by atoms with van der Waals surface area (Å²) in [6, 6.07) is -1.30. The molecule has 4 N–H and O–H groups in total. The Labute approximate surface area is 111 Å². The molecule has 0 saturated carbocycles. The van der Waals surface area contributed by atoms with Gasteiger partial charge in [-0.3, -0.25) is 9.59 Å². The molecule has 0 aliphatic carbocycles. The van der Waals surface area contributed by atoms with E-state index in [-0.39, 0.29) is 17.2 Å². The molecule has 7 nitrogen and oxygen atoms in total. The van der Waals surface area contributed by atoms with E-state index in [2.05, 4.69) is 10.6 Å². The van der Waals surface area contributed by atoms with E-state index < -0.39 is 12.1 Å².